The van der Waals surface area contributed by atoms with Crippen molar-refractivity contribution in [2.75, 3.05) is 0 Å². The second kappa shape index (κ2) is 9.85. The first-order valence-corrected chi connectivity index (χ1v) is 9.58. The zero-order valence-corrected chi connectivity index (χ0v) is 15.0. The molecule has 1 aliphatic carbocycles. The van der Waals surface area contributed by atoms with Crippen molar-refractivity contribution in [2.24, 2.45) is 29.6 Å². The van der Waals surface area contributed by atoms with Crippen LogP contribution >= 0.6 is 0 Å². The topological polar surface area (TPSA) is 0 Å². The maximum Gasteiger partial charge on any atom is -0.0386 e. The van der Waals surface area contributed by atoms with Gasteiger partial charge in [-0.1, -0.05) is 86.0 Å². The van der Waals surface area contributed by atoms with Crippen molar-refractivity contribution in [3.05, 3.63) is 0 Å². The van der Waals surface area contributed by atoms with Crippen LogP contribution in [0.5, 0.6) is 0 Å². The first kappa shape index (κ1) is 18.1. The first-order valence-electron chi connectivity index (χ1n) is 9.58. The average molecular weight is 281 g/mol. The van der Waals surface area contributed by atoms with E-state index in [1.54, 1.807) is 0 Å². The van der Waals surface area contributed by atoms with Gasteiger partial charge in [-0.2, -0.15) is 0 Å². The lowest BCUT2D eigenvalue weighted by molar-refractivity contribution is 0.302. The van der Waals surface area contributed by atoms with Gasteiger partial charge in [0.05, 0.1) is 0 Å². The molecular formula is C20H40. The van der Waals surface area contributed by atoms with Gasteiger partial charge in [0.25, 0.3) is 0 Å². The summed E-state index contributed by atoms with van der Waals surface area (Å²) >= 11 is 0. The third-order valence-corrected chi connectivity index (χ3v) is 5.96. The molecule has 0 saturated heterocycles. The van der Waals surface area contributed by atoms with Crippen molar-refractivity contribution in [1.82, 2.24) is 0 Å². The lowest BCUT2D eigenvalue weighted by Crippen LogP contribution is -2.10. The molecule has 1 fully saturated rings. The van der Waals surface area contributed by atoms with Crippen LogP contribution in [0.3, 0.4) is 0 Å². The Morgan fingerprint density at radius 3 is 2.10 bits per heavy atom. The molecule has 0 N–H and O–H groups in total. The maximum atomic E-state index is 2.49. The molecule has 4 unspecified atom stereocenters. The molecule has 20 heavy (non-hydrogen) atoms. The van der Waals surface area contributed by atoms with Crippen LogP contribution in [0.1, 0.15) is 98.8 Å². The highest BCUT2D eigenvalue weighted by molar-refractivity contribution is 4.81. The molecule has 1 saturated carbocycles. The van der Waals surface area contributed by atoms with Gasteiger partial charge >= 0.3 is 0 Å². The number of hydrogen-bond donors (Lipinski definition) is 0. The average Bonchev–Trinajstić information content (AvgIpc) is 3.26. The van der Waals surface area contributed by atoms with Gasteiger partial charge < -0.3 is 0 Å². The van der Waals surface area contributed by atoms with E-state index in [-0.39, 0.29) is 0 Å². The molecule has 0 aromatic carbocycles. The molecule has 0 amide bonds. The van der Waals surface area contributed by atoms with Gasteiger partial charge in [-0.15, -0.1) is 0 Å². The summed E-state index contributed by atoms with van der Waals surface area (Å²) in [5.41, 5.74) is 0. The molecule has 0 spiro atoms. The molecule has 0 nitrogen and oxygen atoms in total. The second-order valence-corrected chi connectivity index (χ2v) is 7.85. The zero-order valence-electron chi connectivity index (χ0n) is 15.0. The fourth-order valence-corrected chi connectivity index (χ4v) is 3.76. The normalized spacial score (nSPS) is 21.4. The molecular weight excluding hydrogens is 240 g/mol. The minimum atomic E-state index is 0.948. The Labute approximate surface area is 129 Å². The van der Waals surface area contributed by atoms with Crippen LogP contribution in [0.15, 0.2) is 0 Å². The lowest BCUT2D eigenvalue weighted by atomic mass is 9.85. The van der Waals surface area contributed by atoms with E-state index in [1.807, 2.05) is 0 Å². The van der Waals surface area contributed by atoms with Gasteiger partial charge in [0.2, 0.25) is 0 Å². The van der Waals surface area contributed by atoms with Gasteiger partial charge in [0.1, 0.15) is 0 Å². The molecule has 0 bridgehead atoms. The van der Waals surface area contributed by atoms with Crippen LogP contribution < -0.4 is 0 Å². The van der Waals surface area contributed by atoms with Gasteiger partial charge in [-0.3, -0.25) is 0 Å². The molecule has 0 radical (unpaired) electrons. The van der Waals surface area contributed by atoms with Gasteiger partial charge in [0, 0.05) is 0 Å². The fourth-order valence-electron chi connectivity index (χ4n) is 3.76. The Morgan fingerprint density at radius 2 is 1.55 bits per heavy atom. The molecule has 1 aliphatic rings. The Morgan fingerprint density at radius 1 is 0.850 bits per heavy atom. The van der Waals surface area contributed by atoms with Crippen molar-refractivity contribution in [1.29, 1.82) is 0 Å². The zero-order chi connectivity index (χ0) is 15.0. The summed E-state index contributed by atoms with van der Waals surface area (Å²) in [6.45, 7) is 12.2. The maximum absolute atomic E-state index is 2.49. The summed E-state index contributed by atoms with van der Waals surface area (Å²) < 4.78 is 0. The van der Waals surface area contributed by atoms with E-state index in [9.17, 15) is 0 Å². The van der Waals surface area contributed by atoms with Gasteiger partial charge in [-0.05, 0) is 42.4 Å². The van der Waals surface area contributed by atoms with Crippen LogP contribution in [0.2, 0.25) is 0 Å². The summed E-state index contributed by atoms with van der Waals surface area (Å²) in [4.78, 5) is 0. The number of rotatable bonds is 12. The van der Waals surface area contributed by atoms with E-state index in [1.165, 1.54) is 64.2 Å². The van der Waals surface area contributed by atoms with E-state index in [4.69, 9.17) is 0 Å². The molecule has 0 heteroatoms. The Bertz CT molecular complexity index is 228. The van der Waals surface area contributed by atoms with Gasteiger partial charge in [-0.25, -0.2) is 0 Å². The third-order valence-electron chi connectivity index (χ3n) is 5.96. The number of hydrogen-bond acceptors (Lipinski definition) is 0. The standard InChI is InChI=1S/C20H40/c1-6-9-19(7-2)13-12-16(3)10-8-11-17(4)18(5)20-14-15-20/h16-20H,6-15H2,1-5H3. The minimum Gasteiger partial charge on any atom is -0.0654 e. The third kappa shape index (κ3) is 7.14. The molecule has 0 aromatic heterocycles. The van der Waals surface area contributed by atoms with Crippen LogP contribution in [0, 0.1) is 29.6 Å². The Balaban J connectivity index is 2.05. The highest BCUT2D eigenvalue weighted by atomic mass is 14.4. The minimum absolute atomic E-state index is 0.948. The quantitative estimate of drug-likeness (QED) is 0.358. The summed E-state index contributed by atoms with van der Waals surface area (Å²) in [5.74, 6) is 4.97. The molecule has 0 aliphatic heterocycles. The predicted molar refractivity (Wildman–Crippen MR) is 92.0 cm³/mol. The lowest BCUT2D eigenvalue weighted by Gasteiger charge is -2.21. The van der Waals surface area contributed by atoms with Crippen molar-refractivity contribution >= 4 is 0 Å². The SMILES string of the molecule is CCCC(CC)CCC(C)CCCC(C)C(C)C1CC1. The molecule has 0 heterocycles. The monoisotopic (exact) mass is 280 g/mol. The Hall–Kier alpha value is 0. The van der Waals surface area contributed by atoms with E-state index in [0.717, 1.165) is 29.6 Å². The van der Waals surface area contributed by atoms with Gasteiger partial charge in [0.15, 0.2) is 0 Å². The van der Waals surface area contributed by atoms with E-state index in [0.29, 0.717) is 0 Å². The smallest absolute Gasteiger partial charge is 0.0386 e. The molecule has 4 atom stereocenters. The summed E-state index contributed by atoms with van der Waals surface area (Å²) in [6, 6.07) is 0. The van der Waals surface area contributed by atoms with Crippen molar-refractivity contribution < 1.29 is 0 Å². The van der Waals surface area contributed by atoms with Crippen LogP contribution in [0.25, 0.3) is 0 Å². The van der Waals surface area contributed by atoms with Crippen molar-refractivity contribution in [2.45, 2.75) is 98.8 Å². The summed E-state index contributed by atoms with van der Waals surface area (Å²) in [7, 11) is 0. The van der Waals surface area contributed by atoms with E-state index >= 15 is 0 Å². The molecule has 120 valence electrons. The van der Waals surface area contributed by atoms with E-state index in [2.05, 4.69) is 34.6 Å². The second-order valence-electron chi connectivity index (χ2n) is 7.85. The van der Waals surface area contributed by atoms with Crippen LogP contribution in [-0.2, 0) is 0 Å². The highest BCUT2D eigenvalue weighted by Crippen LogP contribution is 2.41. The molecule has 0 aromatic rings. The summed E-state index contributed by atoms with van der Waals surface area (Å²) in [5, 5.41) is 0. The Kier molecular flexibility index (Phi) is 8.89. The predicted octanol–water partition coefficient (Wildman–Crippen LogP) is 7.08. The summed E-state index contributed by atoms with van der Waals surface area (Å²) in [6.07, 6.45) is 14.5. The fraction of sp³-hybridized carbons (Fsp3) is 1.00. The first-order chi connectivity index (χ1) is 9.58. The molecule has 1 rings (SSSR count). The van der Waals surface area contributed by atoms with Crippen molar-refractivity contribution in [3.63, 3.8) is 0 Å². The van der Waals surface area contributed by atoms with Crippen LogP contribution in [0.4, 0.5) is 0 Å². The largest absolute Gasteiger partial charge is 0.0654 e. The highest BCUT2D eigenvalue weighted by Gasteiger charge is 2.30. The van der Waals surface area contributed by atoms with Crippen molar-refractivity contribution in [3.8, 4) is 0 Å². The van der Waals surface area contributed by atoms with E-state index < -0.39 is 0 Å². The van der Waals surface area contributed by atoms with Crippen LogP contribution in [-0.4, -0.2) is 0 Å².